The van der Waals surface area contributed by atoms with Crippen molar-refractivity contribution in [2.45, 2.75) is 13.3 Å². The van der Waals surface area contributed by atoms with Gasteiger partial charge in [0.2, 0.25) is 0 Å². The van der Waals surface area contributed by atoms with E-state index in [0.717, 1.165) is 5.71 Å². The molecule has 0 amide bonds. The number of oxime groups is 1. The molecule has 0 bridgehead atoms. The molecule has 0 spiro atoms. The van der Waals surface area contributed by atoms with Gasteiger partial charge in [0.15, 0.2) is 0 Å². The maximum absolute atomic E-state index is 8.44. The normalized spacial score (nSPS) is 11.2. The summed E-state index contributed by atoms with van der Waals surface area (Å²) in [6.07, 6.45) is 2.19. The van der Waals surface area contributed by atoms with E-state index in [1.54, 1.807) is 13.0 Å². The zero-order valence-electron chi connectivity index (χ0n) is 6.21. The molecule has 0 aliphatic heterocycles. The highest BCUT2D eigenvalue weighted by atomic mass is 16.6. The minimum absolute atomic E-state index is 0.118. The Balaban J connectivity index is 3.36. The first kappa shape index (κ1) is 9.17. The van der Waals surface area contributed by atoms with Gasteiger partial charge in [-0.15, -0.1) is 0 Å². The van der Waals surface area contributed by atoms with Crippen molar-refractivity contribution in [1.82, 2.24) is 0 Å². The number of hydrogen-bond donors (Lipinski definition) is 1. The summed E-state index contributed by atoms with van der Waals surface area (Å²) in [5.41, 5.74) is 0.796. The fourth-order valence-corrected chi connectivity index (χ4v) is 0.408. The number of nitrogens with zero attached hydrogens (tertiary/aromatic N) is 1. The maximum Gasteiger partial charge on any atom is 0.135 e. The quantitative estimate of drug-likeness (QED) is 0.269. The smallest absolute Gasteiger partial charge is 0.135 e. The molecule has 0 saturated heterocycles. The Morgan fingerprint density at radius 3 is 3.00 bits per heavy atom. The third-order valence-corrected chi connectivity index (χ3v) is 0.886. The number of aliphatic hydroxyl groups is 1. The average Bonchev–Trinajstić information content (AvgIpc) is 1.89. The summed E-state index contributed by atoms with van der Waals surface area (Å²) in [6.45, 7) is 5.80. The topological polar surface area (TPSA) is 41.8 Å². The molecule has 1 N–H and O–H groups in total. The van der Waals surface area contributed by atoms with Crippen LogP contribution in [0.2, 0.25) is 0 Å². The van der Waals surface area contributed by atoms with Gasteiger partial charge < -0.3 is 9.94 Å². The molecule has 10 heavy (non-hydrogen) atoms. The van der Waals surface area contributed by atoms with E-state index >= 15 is 0 Å². The Hall–Kier alpha value is -0.830. The lowest BCUT2D eigenvalue weighted by Gasteiger charge is -1.95. The van der Waals surface area contributed by atoms with Gasteiger partial charge in [0.25, 0.3) is 0 Å². The highest BCUT2D eigenvalue weighted by Gasteiger charge is 1.87. The van der Waals surface area contributed by atoms with Crippen molar-refractivity contribution < 1.29 is 9.94 Å². The van der Waals surface area contributed by atoms with Gasteiger partial charge in [-0.1, -0.05) is 17.8 Å². The minimum atomic E-state index is 0.118. The molecular weight excluding hydrogens is 130 g/mol. The fraction of sp³-hybridized carbons (Fsp3) is 0.571. The SMILES string of the molecule is C=CCO/N=C(/C)CCO. The Bertz CT molecular complexity index is 121. The molecule has 0 aromatic rings. The number of hydrogen-bond acceptors (Lipinski definition) is 3. The van der Waals surface area contributed by atoms with E-state index in [1.807, 2.05) is 0 Å². The van der Waals surface area contributed by atoms with Gasteiger partial charge >= 0.3 is 0 Å². The molecule has 0 radical (unpaired) electrons. The Kier molecular flexibility index (Phi) is 5.77. The second-order valence-electron chi connectivity index (χ2n) is 1.88. The molecule has 0 rings (SSSR count). The zero-order valence-corrected chi connectivity index (χ0v) is 6.21. The largest absolute Gasteiger partial charge is 0.396 e. The van der Waals surface area contributed by atoms with Gasteiger partial charge in [-0.3, -0.25) is 0 Å². The molecule has 0 saturated carbocycles. The van der Waals surface area contributed by atoms with Crippen molar-refractivity contribution in [3.05, 3.63) is 12.7 Å². The standard InChI is InChI=1S/C7H13NO2/c1-3-6-10-8-7(2)4-5-9/h3,9H,1,4-6H2,2H3/b8-7-. The van der Waals surface area contributed by atoms with Gasteiger partial charge in [0.05, 0.1) is 5.71 Å². The minimum Gasteiger partial charge on any atom is -0.396 e. The monoisotopic (exact) mass is 143 g/mol. The molecule has 3 nitrogen and oxygen atoms in total. The average molecular weight is 143 g/mol. The van der Waals surface area contributed by atoms with Crippen molar-refractivity contribution in [2.75, 3.05) is 13.2 Å². The van der Waals surface area contributed by atoms with E-state index in [2.05, 4.69) is 11.7 Å². The van der Waals surface area contributed by atoms with E-state index in [-0.39, 0.29) is 6.61 Å². The van der Waals surface area contributed by atoms with Crippen molar-refractivity contribution in [2.24, 2.45) is 5.16 Å². The van der Waals surface area contributed by atoms with Crippen LogP contribution in [0.15, 0.2) is 17.8 Å². The summed E-state index contributed by atoms with van der Waals surface area (Å²) in [5, 5.41) is 12.1. The van der Waals surface area contributed by atoms with Crippen LogP contribution in [0, 0.1) is 0 Å². The molecule has 0 fully saturated rings. The van der Waals surface area contributed by atoms with Crippen LogP contribution < -0.4 is 0 Å². The Morgan fingerprint density at radius 1 is 1.80 bits per heavy atom. The third kappa shape index (κ3) is 5.31. The fourth-order valence-electron chi connectivity index (χ4n) is 0.408. The molecule has 0 heterocycles. The van der Waals surface area contributed by atoms with Crippen LogP contribution in [0.4, 0.5) is 0 Å². The third-order valence-electron chi connectivity index (χ3n) is 0.886. The molecule has 0 unspecified atom stereocenters. The lowest BCUT2D eigenvalue weighted by atomic mass is 10.3. The van der Waals surface area contributed by atoms with Crippen molar-refractivity contribution >= 4 is 5.71 Å². The summed E-state index contributed by atoms with van der Waals surface area (Å²) >= 11 is 0. The second-order valence-corrected chi connectivity index (χ2v) is 1.88. The molecule has 0 aromatic carbocycles. The predicted molar refractivity (Wildman–Crippen MR) is 41.0 cm³/mol. The zero-order chi connectivity index (χ0) is 7.82. The summed E-state index contributed by atoms with van der Waals surface area (Å²) in [4.78, 5) is 4.76. The highest BCUT2D eigenvalue weighted by Crippen LogP contribution is 1.86. The summed E-state index contributed by atoms with van der Waals surface area (Å²) in [7, 11) is 0. The molecule has 0 aliphatic carbocycles. The predicted octanol–water partition coefficient (Wildman–Crippen LogP) is 0.947. The summed E-state index contributed by atoms with van der Waals surface area (Å²) in [5.74, 6) is 0. The van der Waals surface area contributed by atoms with Crippen LogP contribution in [-0.4, -0.2) is 24.0 Å². The molecule has 0 aromatic heterocycles. The first-order valence-electron chi connectivity index (χ1n) is 3.18. The van der Waals surface area contributed by atoms with Gasteiger partial charge in [-0.05, 0) is 6.92 Å². The van der Waals surface area contributed by atoms with Crippen LogP contribution in [0.3, 0.4) is 0 Å². The lowest BCUT2D eigenvalue weighted by molar-refractivity contribution is 0.173. The van der Waals surface area contributed by atoms with Crippen LogP contribution >= 0.6 is 0 Å². The van der Waals surface area contributed by atoms with E-state index in [0.29, 0.717) is 13.0 Å². The molecule has 58 valence electrons. The van der Waals surface area contributed by atoms with Crippen molar-refractivity contribution in [1.29, 1.82) is 0 Å². The van der Waals surface area contributed by atoms with E-state index < -0.39 is 0 Å². The van der Waals surface area contributed by atoms with Crippen molar-refractivity contribution in [3.63, 3.8) is 0 Å². The summed E-state index contributed by atoms with van der Waals surface area (Å²) < 4.78 is 0. The van der Waals surface area contributed by atoms with Gasteiger partial charge in [-0.2, -0.15) is 0 Å². The first-order valence-corrected chi connectivity index (χ1v) is 3.18. The molecule has 3 heteroatoms. The Labute approximate surface area is 61.0 Å². The van der Waals surface area contributed by atoms with Gasteiger partial charge in [-0.25, -0.2) is 0 Å². The van der Waals surface area contributed by atoms with Crippen LogP contribution in [0.5, 0.6) is 0 Å². The van der Waals surface area contributed by atoms with E-state index in [4.69, 9.17) is 9.94 Å². The number of rotatable bonds is 5. The van der Waals surface area contributed by atoms with Crippen LogP contribution in [0.25, 0.3) is 0 Å². The van der Waals surface area contributed by atoms with E-state index in [9.17, 15) is 0 Å². The molecule has 0 atom stereocenters. The van der Waals surface area contributed by atoms with Crippen LogP contribution in [-0.2, 0) is 4.84 Å². The maximum atomic E-state index is 8.44. The molecular formula is C7H13NO2. The highest BCUT2D eigenvalue weighted by molar-refractivity contribution is 5.81. The lowest BCUT2D eigenvalue weighted by Crippen LogP contribution is -1.96. The first-order chi connectivity index (χ1) is 4.81. The van der Waals surface area contributed by atoms with E-state index in [1.165, 1.54) is 0 Å². The van der Waals surface area contributed by atoms with Crippen LogP contribution in [0.1, 0.15) is 13.3 Å². The second kappa shape index (κ2) is 6.29. The van der Waals surface area contributed by atoms with Crippen molar-refractivity contribution in [3.8, 4) is 0 Å². The van der Waals surface area contributed by atoms with Gasteiger partial charge in [0.1, 0.15) is 6.61 Å². The summed E-state index contributed by atoms with van der Waals surface area (Å²) in [6, 6.07) is 0. The molecule has 0 aliphatic rings. The Morgan fingerprint density at radius 2 is 2.50 bits per heavy atom. The number of aliphatic hydroxyl groups excluding tert-OH is 1. The van der Waals surface area contributed by atoms with Gasteiger partial charge in [0, 0.05) is 13.0 Å².